The second-order valence-electron chi connectivity index (χ2n) is 6.54. The van der Waals surface area contributed by atoms with E-state index >= 15 is 0 Å². The van der Waals surface area contributed by atoms with Gasteiger partial charge in [-0.05, 0) is 25.2 Å². The number of hydrogen-bond acceptors (Lipinski definition) is 3. The summed E-state index contributed by atoms with van der Waals surface area (Å²) in [4.78, 5) is 0. The van der Waals surface area contributed by atoms with Gasteiger partial charge in [0.2, 0.25) is 0 Å². The third-order valence-electron chi connectivity index (χ3n) is 3.55. The van der Waals surface area contributed by atoms with Crippen molar-refractivity contribution in [1.82, 2.24) is 10.6 Å². The van der Waals surface area contributed by atoms with Gasteiger partial charge in [-0.15, -0.1) is 0 Å². The molecule has 3 heteroatoms. The molecule has 0 fully saturated rings. The molecule has 0 aromatic rings. The van der Waals surface area contributed by atoms with Gasteiger partial charge >= 0.3 is 0 Å². The highest BCUT2D eigenvalue weighted by Crippen LogP contribution is 2.35. The van der Waals surface area contributed by atoms with E-state index in [2.05, 4.69) is 57.9 Å². The molecule has 0 aromatic heterocycles. The molecule has 0 aromatic carbocycles. The molecule has 0 aliphatic heterocycles. The molecule has 0 amide bonds. The van der Waals surface area contributed by atoms with Gasteiger partial charge in [0.05, 0.1) is 5.25 Å². The zero-order valence-corrected chi connectivity index (χ0v) is 13.5. The first-order chi connectivity index (χ1) is 8.37. The summed E-state index contributed by atoms with van der Waals surface area (Å²) in [5.41, 5.74) is 3.16. The molecule has 2 N–H and O–H groups in total. The molecule has 2 nitrogen and oxygen atoms in total. The fraction of sp³-hybridized carbons (Fsp3) is 0.867. The number of unbranched alkanes of at least 4 members (excludes halogenated alkanes) is 1. The molecule has 1 aliphatic rings. The molecule has 2 atom stereocenters. The second kappa shape index (κ2) is 6.74. The summed E-state index contributed by atoms with van der Waals surface area (Å²) < 4.78 is 0. The third kappa shape index (κ3) is 4.42. The highest BCUT2D eigenvalue weighted by atomic mass is 32.1. The number of rotatable bonds is 7. The van der Waals surface area contributed by atoms with E-state index in [9.17, 15) is 0 Å². The third-order valence-corrected chi connectivity index (χ3v) is 4.26. The van der Waals surface area contributed by atoms with Gasteiger partial charge in [0.1, 0.15) is 0 Å². The maximum atomic E-state index is 4.61. The molecule has 0 heterocycles. The van der Waals surface area contributed by atoms with Crippen molar-refractivity contribution in [2.75, 3.05) is 13.1 Å². The average molecular weight is 270 g/mol. The summed E-state index contributed by atoms with van der Waals surface area (Å²) in [5.74, 6) is 0.560. The smallest absolute Gasteiger partial charge is 0.0512 e. The predicted molar refractivity (Wildman–Crippen MR) is 83.9 cm³/mol. The Morgan fingerprint density at radius 3 is 2.33 bits per heavy atom. The lowest BCUT2D eigenvalue weighted by molar-refractivity contribution is 0.358. The Kier molecular flexibility index (Phi) is 5.90. The Balaban J connectivity index is 2.26. The Morgan fingerprint density at radius 1 is 1.11 bits per heavy atom. The van der Waals surface area contributed by atoms with E-state index in [0.29, 0.717) is 16.6 Å². The van der Waals surface area contributed by atoms with Crippen molar-refractivity contribution in [3.63, 3.8) is 0 Å². The molecule has 0 spiro atoms. The molecule has 0 radical (unpaired) electrons. The molecular formula is C15H30N2S. The van der Waals surface area contributed by atoms with Crippen molar-refractivity contribution in [2.24, 2.45) is 11.3 Å². The van der Waals surface area contributed by atoms with Crippen LogP contribution >= 0.6 is 12.6 Å². The van der Waals surface area contributed by atoms with E-state index in [1.54, 1.807) is 0 Å². The Bertz CT molecular complexity index is 291. The molecule has 106 valence electrons. The Labute approximate surface area is 118 Å². The predicted octanol–water partition coefficient (Wildman–Crippen LogP) is 3.56. The summed E-state index contributed by atoms with van der Waals surface area (Å²) in [6, 6.07) is 0. The first-order valence-electron chi connectivity index (χ1n) is 7.26. The lowest BCUT2D eigenvalue weighted by Gasteiger charge is -2.38. The monoisotopic (exact) mass is 270 g/mol. The standard InChI is InChI=1S/C15H30N2S/c1-6-16-13-12(11(2)14(13)18)17-10-8-7-9-15(3,4)5/h11,14,16-18H,6-10H2,1-5H3. The molecule has 2 unspecified atom stereocenters. The molecule has 0 bridgehead atoms. The van der Waals surface area contributed by atoms with E-state index in [1.807, 2.05) is 0 Å². The maximum Gasteiger partial charge on any atom is 0.0512 e. The SMILES string of the molecule is CCNC1=C(NCCCCC(C)(C)C)C(C)C1S. The van der Waals surface area contributed by atoms with Crippen LogP contribution in [0.2, 0.25) is 0 Å². The van der Waals surface area contributed by atoms with Gasteiger partial charge in [-0.1, -0.05) is 34.1 Å². The minimum Gasteiger partial charge on any atom is -0.387 e. The van der Waals surface area contributed by atoms with Crippen LogP contribution in [0.3, 0.4) is 0 Å². The van der Waals surface area contributed by atoms with E-state index in [4.69, 9.17) is 0 Å². The van der Waals surface area contributed by atoms with Crippen LogP contribution in [0, 0.1) is 11.3 Å². The average Bonchev–Trinajstić information content (AvgIpc) is 2.29. The first-order valence-corrected chi connectivity index (χ1v) is 7.78. The van der Waals surface area contributed by atoms with Gasteiger partial charge in [0.15, 0.2) is 0 Å². The van der Waals surface area contributed by atoms with Crippen LogP contribution < -0.4 is 10.6 Å². The van der Waals surface area contributed by atoms with Gasteiger partial charge in [0.25, 0.3) is 0 Å². The molecule has 18 heavy (non-hydrogen) atoms. The Hall–Kier alpha value is -0.310. The molecular weight excluding hydrogens is 240 g/mol. The van der Waals surface area contributed by atoms with Crippen molar-refractivity contribution in [1.29, 1.82) is 0 Å². The first kappa shape index (κ1) is 15.7. The number of hydrogen-bond donors (Lipinski definition) is 3. The van der Waals surface area contributed by atoms with Crippen molar-refractivity contribution in [2.45, 2.75) is 59.1 Å². The van der Waals surface area contributed by atoms with Crippen LogP contribution in [-0.4, -0.2) is 18.3 Å². The minimum absolute atomic E-state index is 0.391. The van der Waals surface area contributed by atoms with Gasteiger partial charge in [-0.3, -0.25) is 0 Å². The number of nitrogens with one attached hydrogen (secondary N) is 2. The van der Waals surface area contributed by atoms with Crippen LogP contribution in [0.5, 0.6) is 0 Å². The number of allylic oxidation sites excluding steroid dienone is 1. The van der Waals surface area contributed by atoms with Crippen LogP contribution in [0.1, 0.15) is 53.9 Å². The second-order valence-corrected chi connectivity index (χ2v) is 7.09. The van der Waals surface area contributed by atoms with Crippen LogP contribution in [0.15, 0.2) is 11.4 Å². The zero-order chi connectivity index (χ0) is 13.8. The van der Waals surface area contributed by atoms with Gasteiger partial charge in [0, 0.05) is 30.4 Å². The summed E-state index contributed by atoms with van der Waals surface area (Å²) in [5, 5.41) is 7.40. The fourth-order valence-corrected chi connectivity index (χ4v) is 2.75. The molecule has 1 rings (SSSR count). The van der Waals surface area contributed by atoms with E-state index < -0.39 is 0 Å². The quantitative estimate of drug-likeness (QED) is 0.487. The van der Waals surface area contributed by atoms with Crippen molar-refractivity contribution < 1.29 is 0 Å². The van der Waals surface area contributed by atoms with Crippen molar-refractivity contribution >= 4 is 12.6 Å². The summed E-state index contributed by atoms with van der Waals surface area (Å²) >= 11 is 4.61. The fourth-order valence-electron chi connectivity index (χ4n) is 2.37. The van der Waals surface area contributed by atoms with Gasteiger partial charge < -0.3 is 10.6 Å². The van der Waals surface area contributed by atoms with E-state index in [1.165, 1.54) is 30.7 Å². The summed E-state index contributed by atoms with van der Waals surface area (Å²) in [6.07, 6.45) is 3.86. The summed E-state index contributed by atoms with van der Waals surface area (Å²) in [7, 11) is 0. The lowest BCUT2D eigenvalue weighted by atomic mass is 9.87. The molecule has 0 saturated heterocycles. The van der Waals surface area contributed by atoms with Crippen molar-refractivity contribution in [3.8, 4) is 0 Å². The molecule has 0 saturated carbocycles. The van der Waals surface area contributed by atoms with E-state index in [0.717, 1.165) is 13.1 Å². The topological polar surface area (TPSA) is 24.1 Å². The Morgan fingerprint density at radius 2 is 1.78 bits per heavy atom. The van der Waals surface area contributed by atoms with Crippen LogP contribution in [-0.2, 0) is 0 Å². The van der Waals surface area contributed by atoms with Crippen LogP contribution in [0.4, 0.5) is 0 Å². The largest absolute Gasteiger partial charge is 0.387 e. The zero-order valence-electron chi connectivity index (χ0n) is 12.6. The normalized spacial score (nSPS) is 23.9. The lowest BCUT2D eigenvalue weighted by Crippen LogP contribution is -2.43. The highest BCUT2D eigenvalue weighted by molar-refractivity contribution is 7.81. The van der Waals surface area contributed by atoms with Crippen LogP contribution in [0.25, 0.3) is 0 Å². The van der Waals surface area contributed by atoms with Gasteiger partial charge in [-0.2, -0.15) is 12.6 Å². The minimum atomic E-state index is 0.391. The number of thiol groups is 1. The van der Waals surface area contributed by atoms with Crippen molar-refractivity contribution in [3.05, 3.63) is 11.4 Å². The molecule has 1 aliphatic carbocycles. The summed E-state index contributed by atoms with van der Waals surface area (Å²) in [6.45, 7) is 13.4. The van der Waals surface area contributed by atoms with E-state index in [-0.39, 0.29) is 0 Å². The highest BCUT2D eigenvalue weighted by Gasteiger charge is 2.34. The van der Waals surface area contributed by atoms with Gasteiger partial charge in [-0.25, -0.2) is 0 Å². The maximum absolute atomic E-state index is 4.61.